The lowest BCUT2D eigenvalue weighted by Crippen LogP contribution is -2.09. The molecule has 1 aromatic carbocycles. The van der Waals surface area contributed by atoms with Crippen LogP contribution in [0.5, 0.6) is 0 Å². The topological polar surface area (TPSA) is 17.1 Å². The Morgan fingerprint density at radius 2 is 1.92 bits per heavy atom. The Morgan fingerprint density at radius 1 is 1.38 bits per heavy atom. The molecule has 1 nitrogen and oxygen atoms in total. The molecule has 0 saturated heterocycles. The summed E-state index contributed by atoms with van der Waals surface area (Å²) in [6.45, 7) is 1.54. The maximum absolute atomic E-state index is 11.1. The predicted octanol–water partition coefficient (Wildman–Crippen LogP) is 3.25. The molecule has 13 heavy (non-hydrogen) atoms. The van der Waals surface area contributed by atoms with E-state index < -0.39 is 0 Å². The monoisotopic (exact) mass is 216 g/mol. The van der Waals surface area contributed by atoms with Crippen molar-refractivity contribution in [1.29, 1.82) is 0 Å². The summed E-state index contributed by atoms with van der Waals surface area (Å²) < 4.78 is 0. The summed E-state index contributed by atoms with van der Waals surface area (Å²) >= 11 is 11.4. The first kappa shape index (κ1) is 10.6. The van der Waals surface area contributed by atoms with Crippen molar-refractivity contribution in [2.24, 2.45) is 0 Å². The van der Waals surface area contributed by atoms with E-state index in [4.69, 9.17) is 23.2 Å². The number of halogens is 2. The van der Waals surface area contributed by atoms with E-state index in [0.29, 0.717) is 10.9 Å². The van der Waals surface area contributed by atoms with E-state index in [1.54, 1.807) is 19.1 Å². The number of ketones is 1. The van der Waals surface area contributed by atoms with Crippen LogP contribution >= 0.6 is 23.2 Å². The van der Waals surface area contributed by atoms with Crippen molar-refractivity contribution >= 4 is 29.0 Å². The highest BCUT2D eigenvalue weighted by molar-refractivity contribution is 6.30. The van der Waals surface area contributed by atoms with Crippen molar-refractivity contribution in [1.82, 2.24) is 0 Å². The summed E-state index contributed by atoms with van der Waals surface area (Å²) in [6.07, 6.45) is 0. The Labute approximate surface area is 87.7 Å². The smallest absolute Gasteiger partial charge is 0.138 e. The van der Waals surface area contributed by atoms with E-state index in [0.717, 1.165) is 5.56 Å². The molecule has 0 amide bonds. The zero-order valence-corrected chi connectivity index (χ0v) is 8.77. The summed E-state index contributed by atoms with van der Waals surface area (Å²) in [5, 5.41) is 0.667. The number of carbonyl (C=O) groups excluding carboxylic acids is 1. The molecule has 0 radical (unpaired) electrons. The first-order valence-electron chi connectivity index (χ1n) is 3.97. The molecule has 70 valence electrons. The van der Waals surface area contributed by atoms with Crippen LogP contribution in [0.3, 0.4) is 0 Å². The maximum Gasteiger partial charge on any atom is 0.138 e. The Morgan fingerprint density at radius 3 is 2.31 bits per heavy atom. The van der Waals surface area contributed by atoms with Gasteiger partial charge in [-0.25, -0.2) is 0 Å². The average Bonchev–Trinajstić information content (AvgIpc) is 2.09. The van der Waals surface area contributed by atoms with Crippen LogP contribution in [-0.2, 0) is 4.79 Å². The van der Waals surface area contributed by atoms with E-state index in [-0.39, 0.29) is 11.7 Å². The van der Waals surface area contributed by atoms with Gasteiger partial charge in [-0.15, -0.1) is 11.6 Å². The molecular formula is C10H10Cl2O. The Kier molecular flexibility index (Phi) is 3.76. The van der Waals surface area contributed by atoms with E-state index in [2.05, 4.69) is 0 Å². The number of alkyl halides is 1. The average molecular weight is 217 g/mol. The summed E-state index contributed by atoms with van der Waals surface area (Å²) in [7, 11) is 0. The minimum atomic E-state index is -0.209. The highest BCUT2D eigenvalue weighted by atomic mass is 35.5. The number of hydrogen-bond acceptors (Lipinski definition) is 1. The number of rotatable bonds is 3. The van der Waals surface area contributed by atoms with Crippen LogP contribution in [0, 0.1) is 0 Å². The molecule has 1 atom stereocenters. The minimum Gasteiger partial charge on any atom is -0.299 e. The van der Waals surface area contributed by atoms with Crippen molar-refractivity contribution in [3.05, 3.63) is 34.9 Å². The van der Waals surface area contributed by atoms with Gasteiger partial charge in [-0.1, -0.05) is 23.7 Å². The van der Waals surface area contributed by atoms with E-state index in [1.807, 2.05) is 12.1 Å². The third-order valence-electron chi connectivity index (χ3n) is 1.92. The van der Waals surface area contributed by atoms with Gasteiger partial charge < -0.3 is 0 Å². The zero-order chi connectivity index (χ0) is 9.84. The lowest BCUT2D eigenvalue weighted by atomic mass is 9.98. The molecular weight excluding hydrogens is 207 g/mol. The summed E-state index contributed by atoms with van der Waals surface area (Å²) in [6, 6.07) is 7.19. The number of carbonyl (C=O) groups is 1. The van der Waals surface area contributed by atoms with E-state index in [1.165, 1.54) is 0 Å². The second-order valence-electron chi connectivity index (χ2n) is 2.87. The van der Waals surface area contributed by atoms with Crippen molar-refractivity contribution in [3.8, 4) is 0 Å². The molecule has 0 saturated carbocycles. The van der Waals surface area contributed by atoms with Gasteiger partial charge in [0.1, 0.15) is 5.78 Å². The fourth-order valence-corrected chi connectivity index (χ4v) is 1.65. The molecule has 0 aliphatic carbocycles. The van der Waals surface area contributed by atoms with Gasteiger partial charge in [0.15, 0.2) is 0 Å². The van der Waals surface area contributed by atoms with Gasteiger partial charge in [0.05, 0.1) is 5.92 Å². The molecule has 0 aromatic heterocycles. The van der Waals surface area contributed by atoms with Crippen LogP contribution in [0.25, 0.3) is 0 Å². The van der Waals surface area contributed by atoms with Gasteiger partial charge in [-0.3, -0.25) is 4.79 Å². The summed E-state index contributed by atoms with van der Waals surface area (Å²) in [4.78, 5) is 11.1. The Bertz CT molecular complexity index is 292. The van der Waals surface area contributed by atoms with Crippen LogP contribution in [0.1, 0.15) is 18.4 Å². The molecule has 1 rings (SSSR count). The quantitative estimate of drug-likeness (QED) is 0.710. The minimum absolute atomic E-state index is 0.0809. The molecule has 0 fully saturated rings. The van der Waals surface area contributed by atoms with Crippen molar-refractivity contribution in [2.75, 3.05) is 5.88 Å². The van der Waals surface area contributed by atoms with Gasteiger partial charge in [0, 0.05) is 10.9 Å². The summed E-state index contributed by atoms with van der Waals surface area (Å²) in [5.74, 6) is 0.188. The van der Waals surface area contributed by atoms with Crippen molar-refractivity contribution < 1.29 is 4.79 Å². The molecule has 0 heterocycles. The third kappa shape index (κ3) is 2.71. The molecule has 0 N–H and O–H groups in total. The number of hydrogen-bond donors (Lipinski definition) is 0. The van der Waals surface area contributed by atoms with E-state index >= 15 is 0 Å². The van der Waals surface area contributed by atoms with Gasteiger partial charge in [0.2, 0.25) is 0 Å². The van der Waals surface area contributed by atoms with Gasteiger partial charge >= 0.3 is 0 Å². The largest absolute Gasteiger partial charge is 0.299 e. The van der Waals surface area contributed by atoms with Crippen LogP contribution < -0.4 is 0 Å². The van der Waals surface area contributed by atoms with Crippen LogP contribution in [0.4, 0.5) is 0 Å². The predicted molar refractivity (Wildman–Crippen MR) is 55.6 cm³/mol. The highest BCUT2D eigenvalue weighted by Gasteiger charge is 2.14. The molecule has 0 spiro atoms. The Hall–Kier alpha value is -0.530. The van der Waals surface area contributed by atoms with Gasteiger partial charge in [-0.05, 0) is 24.6 Å². The molecule has 3 heteroatoms. The van der Waals surface area contributed by atoms with Gasteiger partial charge in [0.25, 0.3) is 0 Å². The van der Waals surface area contributed by atoms with Crippen LogP contribution in [0.2, 0.25) is 5.02 Å². The highest BCUT2D eigenvalue weighted by Crippen LogP contribution is 2.20. The van der Waals surface area contributed by atoms with Crippen LogP contribution in [-0.4, -0.2) is 11.7 Å². The second-order valence-corrected chi connectivity index (χ2v) is 3.61. The first-order valence-corrected chi connectivity index (χ1v) is 4.88. The Balaban J connectivity index is 2.92. The van der Waals surface area contributed by atoms with E-state index in [9.17, 15) is 4.79 Å². The third-order valence-corrected chi connectivity index (χ3v) is 2.48. The first-order chi connectivity index (χ1) is 6.15. The molecule has 0 aliphatic rings. The van der Waals surface area contributed by atoms with Crippen LogP contribution in [0.15, 0.2) is 24.3 Å². The lowest BCUT2D eigenvalue weighted by Gasteiger charge is -2.09. The lowest BCUT2D eigenvalue weighted by molar-refractivity contribution is -0.117. The fraction of sp³-hybridized carbons (Fsp3) is 0.300. The second kappa shape index (κ2) is 4.64. The molecule has 0 aliphatic heterocycles. The van der Waals surface area contributed by atoms with Crippen molar-refractivity contribution in [2.45, 2.75) is 12.8 Å². The number of Topliss-reactive ketones (excluding diaryl/α,β-unsaturated/α-hetero) is 1. The van der Waals surface area contributed by atoms with Crippen molar-refractivity contribution in [3.63, 3.8) is 0 Å². The standard InChI is InChI=1S/C10H10Cl2O/c1-7(13)10(6-11)8-2-4-9(12)5-3-8/h2-5,10H,6H2,1H3. The zero-order valence-electron chi connectivity index (χ0n) is 7.26. The summed E-state index contributed by atoms with van der Waals surface area (Å²) in [5.41, 5.74) is 0.923. The van der Waals surface area contributed by atoms with Gasteiger partial charge in [-0.2, -0.15) is 0 Å². The molecule has 0 bridgehead atoms. The molecule has 1 unspecified atom stereocenters. The maximum atomic E-state index is 11.1. The number of benzene rings is 1. The SMILES string of the molecule is CC(=O)C(CCl)c1ccc(Cl)cc1. The normalized spacial score (nSPS) is 12.5. The fourth-order valence-electron chi connectivity index (χ4n) is 1.13. The molecule has 1 aromatic rings.